The molecule has 1 saturated carbocycles. The smallest absolute Gasteiger partial charge is 0.245 e. The lowest BCUT2D eigenvalue weighted by Gasteiger charge is -2.36. The van der Waals surface area contributed by atoms with Crippen molar-refractivity contribution in [3.05, 3.63) is 35.9 Å². The van der Waals surface area contributed by atoms with Crippen molar-refractivity contribution < 1.29 is 14.4 Å². The molecule has 8 nitrogen and oxygen atoms in total. The van der Waals surface area contributed by atoms with Crippen molar-refractivity contribution in [2.24, 2.45) is 11.8 Å². The van der Waals surface area contributed by atoms with Gasteiger partial charge >= 0.3 is 0 Å². The lowest BCUT2D eigenvalue weighted by atomic mass is 9.83. The number of carbonyl (C=O) groups is 3. The minimum atomic E-state index is -0.537. The van der Waals surface area contributed by atoms with E-state index >= 15 is 0 Å². The first kappa shape index (κ1) is 25.6. The zero-order valence-electron chi connectivity index (χ0n) is 21.3. The Morgan fingerprint density at radius 1 is 1.00 bits per heavy atom. The molecule has 1 aromatic rings. The summed E-state index contributed by atoms with van der Waals surface area (Å²) in [5.41, 5.74) is 1.06. The summed E-state index contributed by atoms with van der Waals surface area (Å²) < 4.78 is 0. The molecule has 2 saturated heterocycles. The highest BCUT2D eigenvalue weighted by Gasteiger charge is 2.50. The van der Waals surface area contributed by atoms with Crippen LogP contribution in [0.5, 0.6) is 0 Å². The van der Waals surface area contributed by atoms with Crippen LogP contribution in [-0.2, 0) is 14.4 Å². The van der Waals surface area contributed by atoms with Gasteiger partial charge in [-0.25, -0.2) is 0 Å². The molecule has 192 valence electrons. The molecule has 4 rings (SSSR count). The maximum absolute atomic E-state index is 14.0. The van der Waals surface area contributed by atoms with Crippen LogP contribution in [0.1, 0.15) is 64.0 Å². The Kier molecular flexibility index (Phi) is 8.44. The number of nitrogens with one attached hydrogen (secondary N) is 4. The summed E-state index contributed by atoms with van der Waals surface area (Å²) in [4.78, 5) is 42.0. The van der Waals surface area contributed by atoms with E-state index in [2.05, 4.69) is 21.3 Å². The van der Waals surface area contributed by atoms with Crippen molar-refractivity contribution >= 4 is 17.7 Å². The van der Waals surface area contributed by atoms with Crippen molar-refractivity contribution in [3.8, 4) is 0 Å². The maximum Gasteiger partial charge on any atom is 0.245 e. The predicted molar refractivity (Wildman–Crippen MR) is 135 cm³/mol. The maximum atomic E-state index is 14.0. The first-order valence-corrected chi connectivity index (χ1v) is 13.3. The standard InChI is InChI=1S/C27H41N5O3/c1-17(19-10-6-4-7-11-19)30-26(34)21-16-29-22-14-15-32(24(21)22)27(35)23(20-12-8-5-9-13-20)31-25(33)18(2)28-3/h4,6-7,10-11,17-18,20-24,28-29H,5,8-9,12-16H2,1-3H3,(H,30,34)(H,31,33)/t17-,18-,21-,22+,23-,24+/m0/s1. The Hall–Kier alpha value is -2.45. The van der Waals surface area contributed by atoms with Gasteiger partial charge in [0.05, 0.1) is 24.0 Å². The zero-order chi connectivity index (χ0) is 24.9. The van der Waals surface area contributed by atoms with Crippen LogP contribution in [-0.4, -0.2) is 66.9 Å². The Labute approximate surface area is 209 Å². The number of carbonyl (C=O) groups excluding carboxylic acids is 3. The molecule has 3 fully saturated rings. The van der Waals surface area contributed by atoms with Gasteiger partial charge in [0.15, 0.2) is 0 Å². The summed E-state index contributed by atoms with van der Waals surface area (Å²) in [6.45, 7) is 4.96. The highest BCUT2D eigenvalue weighted by molar-refractivity contribution is 5.91. The van der Waals surface area contributed by atoms with Crippen molar-refractivity contribution in [3.63, 3.8) is 0 Å². The van der Waals surface area contributed by atoms with Gasteiger partial charge in [-0.15, -0.1) is 0 Å². The van der Waals surface area contributed by atoms with E-state index in [0.29, 0.717) is 13.1 Å². The van der Waals surface area contributed by atoms with Gasteiger partial charge in [0.1, 0.15) is 6.04 Å². The number of fused-ring (bicyclic) bond motifs is 1. The number of likely N-dealkylation sites (N-methyl/N-ethyl adjacent to an activating group) is 1. The van der Waals surface area contributed by atoms with Crippen LogP contribution in [0.3, 0.4) is 0 Å². The van der Waals surface area contributed by atoms with Gasteiger partial charge in [-0.05, 0) is 51.6 Å². The Morgan fingerprint density at radius 3 is 2.40 bits per heavy atom. The molecule has 0 unspecified atom stereocenters. The van der Waals surface area contributed by atoms with E-state index in [0.717, 1.165) is 37.7 Å². The summed E-state index contributed by atoms with van der Waals surface area (Å²) >= 11 is 0. The van der Waals surface area contributed by atoms with Crippen molar-refractivity contribution in [2.45, 2.75) is 82.6 Å². The van der Waals surface area contributed by atoms with Crippen molar-refractivity contribution in [1.29, 1.82) is 0 Å². The van der Waals surface area contributed by atoms with Crippen LogP contribution in [0.15, 0.2) is 30.3 Å². The molecular weight excluding hydrogens is 442 g/mol. The topological polar surface area (TPSA) is 103 Å². The molecule has 0 radical (unpaired) electrons. The van der Waals surface area contributed by atoms with Crippen molar-refractivity contribution in [1.82, 2.24) is 26.2 Å². The summed E-state index contributed by atoms with van der Waals surface area (Å²) in [5.74, 6) is -0.371. The molecule has 6 atom stereocenters. The molecule has 0 bridgehead atoms. The fraction of sp³-hybridized carbons (Fsp3) is 0.667. The quantitative estimate of drug-likeness (QED) is 0.451. The van der Waals surface area contributed by atoms with Crippen molar-refractivity contribution in [2.75, 3.05) is 20.1 Å². The fourth-order valence-electron chi connectivity index (χ4n) is 6.02. The van der Waals surface area contributed by atoms with Gasteiger partial charge in [-0.3, -0.25) is 14.4 Å². The number of hydrogen-bond acceptors (Lipinski definition) is 5. The van der Waals surface area contributed by atoms with Crippen LogP contribution < -0.4 is 21.3 Å². The molecule has 3 aliphatic rings. The second-order valence-electron chi connectivity index (χ2n) is 10.5. The third kappa shape index (κ3) is 5.70. The molecule has 8 heteroatoms. The van der Waals surface area contributed by atoms with Gasteiger partial charge in [0.2, 0.25) is 17.7 Å². The summed E-state index contributed by atoms with van der Waals surface area (Å²) in [7, 11) is 1.75. The van der Waals surface area contributed by atoms with E-state index in [1.165, 1.54) is 6.42 Å². The number of rotatable bonds is 8. The van der Waals surface area contributed by atoms with Gasteiger partial charge in [0.25, 0.3) is 0 Å². The highest BCUT2D eigenvalue weighted by atomic mass is 16.2. The second-order valence-corrected chi connectivity index (χ2v) is 10.5. The Balaban J connectivity index is 1.49. The van der Waals surface area contributed by atoms with E-state index < -0.39 is 6.04 Å². The summed E-state index contributed by atoms with van der Waals surface area (Å²) in [5, 5.41) is 12.7. The number of hydrogen-bond donors (Lipinski definition) is 4. The first-order valence-electron chi connectivity index (χ1n) is 13.3. The average Bonchev–Trinajstić information content (AvgIpc) is 3.49. The number of nitrogens with zero attached hydrogens (tertiary/aromatic N) is 1. The molecule has 1 aliphatic carbocycles. The molecule has 3 amide bonds. The molecule has 4 N–H and O–H groups in total. The van der Waals surface area contributed by atoms with Gasteiger partial charge in [-0.1, -0.05) is 49.6 Å². The first-order chi connectivity index (χ1) is 16.9. The average molecular weight is 484 g/mol. The van der Waals surface area contributed by atoms with Crippen LogP contribution in [0.25, 0.3) is 0 Å². The zero-order valence-corrected chi connectivity index (χ0v) is 21.3. The molecule has 2 aliphatic heterocycles. The summed E-state index contributed by atoms with van der Waals surface area (Å²) in [6.07, 6.45) is 6.07. The molecule has 35 heavy (non-hydrogen) atoms. The van der Waals surface area contributed by atoms with E-state index in [4.69, 9.17) is 0 Å². The Bertz CT molecular complexity index is 888. The monoisotopic (exact) mass is 483 g/mol. The number of likely N-dealkylation sites (tertiary alicyclic amines) is 1. The van der Waals surface area contributed by atoms with E-state index in [1.807, 2.05) is 42.2 Å². The number of benzene rings is 1. The van der Waals surface area contributed by atoms with Gasteiger partial charge in [-0.2, -0.15) is 0 Å². The SMILES string of the molecule is CN[C@@H](C)C(=O)N[C@H](C(=O)N1CC[C@H]2NC[C@H](C(=O)N[C@@H](C)c3ccccc3)[C@H]21)C1CCCCC1. The predicted octanol–water partition coefficient (Wildman–Crippen LogP) is 1.73. The van der Waals surface area contributed by atoms with E-state index in [9.17, 15) is 14.4 Å². The molecule has 1 aromatic carbocycles. The molecular formula is C27H41N5O3. The highest BCUT2D eigenvalue weighted by Crippen LogP contribution is 2.33. The second kappa shape index (κ2) is 11.5. The van der Waals surface area contributed by atoms with Gasteiger partial charge in [0, 0.05) is 19.1 Å². The lowest BCUT2D eigenvalue weighted by Crippen LogP contribution is -2.58. The largest absolute Gasteiger partial charge is 0.349 e. The lowest BCUT2D eigenvalue weighted by molar-refractivity contribution is -0.141. The number of amides is 3. The Morgan fingerprint density at radius 2 is 1.71 bits per heavy atom. The fourth-order valence-corrected chi connectivity index (χ4v) is 6.02. The normalized spacial score (nSPS) is 27.1. The van der Waals surface area contributed by atoms with Gasteiger partial charge < -0.3 is 26.2 Å². The van der Waals surface area contributed by atoms with E-state index in [1.54, 1.807) is 14.0 Å². The molecule has 2 heterocycles. The molecule has 0 spiro atoms. The minimum absolute atomic E-state index is 0.0249. The van der Waals surface area contributed by atoms with E-state index in [-0.39, 0.29) is 53.7 Å². The third-order valence-electron chi connectivity index (χ3n) is 8.25. The third-order valence-corrected chi connectivity index (χ3v) is 8.25. The summed E-state index contributed by atoms with van der Waals surface area (Å²) in [6, 6.07) is 8.84. The van der Waals surface area contributed by atoms with Crippen LogP contribution in [0.4, 0.5) is 0 Å². The van der Waals surface area contributed by atoms with Crippen LogP contribution in [0, 0.1) is 11.8 Å². The van der Waals surface area contributed by atoms with Crippen LogP contribution in [0.2, 0.25) is 0 Å². The minimum Gasteiger partial charge on any atom is -0.349 e. The molecule has 0 aromatic heterocycles. The van der Waals surface area contributed by atoms with Crippen LogP contribution >= 0.6 is 0 Å².